The van der Waals surface area contributed by atoms with E-state index in [1.54, 1.807) is 5.57 Å². The average molecular weight is 433 g/mol. The first-order valence-electron chi connectivity index (χ1n) is 7.99. The number of rotatable bonds is 7. The van der Waals surface area contributed by atoms with Gasteiger partial charge in [0.25, 0.3) is 0 Å². The fraction of sp³-hybridized carbons (Fsp3) is 0.588. The van der Waals surface area contributed by atoms with Gasteiger partial charge in [-0.25, -0.2) is 0 Å². The molecule has 5 heteroatoms. The molecule has 0 spiro atoms. The molecule has 0 unspecified atom stereocenters. The molecule has 0 bridgehead atoms. The van der Waals surface area contributed by atoms with Crippen molar-refractivity contribution in [2.24, 2.45) is 4.99 Å². The number of aliphatic imine (C=N–C) groups is 1. The van der Waals surface area contributed by atoms with Crippen LogP contribution in [0.4, 0.5) is 0 Å². The fourth-order valence-electron chi connectivity index (χ4n) is 2.58. The first kappa shape index (κ1) is 19.5. The SMILES string of the molecule is CCNC(=NCCC1=CCCC1)N(C)CCc1cccs1.I. The molecule has 0 saturated heterocycles. The summed E-state index contributed by atoms with van der Waals surface area (Å²) in [5, 5.41) is 5.54. The molecule has 1 aromatic rings. The van der Waals surface area contributed by atoms with Crippen LogP contribution >= 0.6 is 35.3 Å². The molecular weight excluding hydrogens is 405 g/mol. The first-order valence-corrected chi connectivity index (χ1v) is 8.87. The van der Waals surface area contributed by atoms with Crippen LogP contribution in [0.15, 0.2) is 34.2 Å². The molecule has 22 heavy (non-hydrogen) atoms. The highest BCUT2D eigenvalue weighted by atomic mass is 127. The molecule has 3 nitrogen and oxygen atoms in total. The molecule has 0 aromatic carbocycles. The van der Waals surface area contributed by atoms with Gasteiger partial charge in [-0.05, 0) is 50.5 Å². The Bertz CT molecular complexity index is 468. The summed E-state index contributed by atoms with van der Waals surface area (Å²) in [5.41, 5.74) is 1.59. The molecule has 1 N–H and O–H groups in total. The Morgan fingerprint density at radius 2 is 2.27 bits per heavy atom. The van der Waals surface area contributed by atoms with Crippen molar-refractivity contribution in [2.75, 3.05) is 26.7 Å². The number of allylic oxidation sites excluding steroid dienone is 1. The lowest BCUT2D eigenvalue weighted by atomic mass is 10.2. The van der Waals surface area contributed by atoms with Crippen molar-refractivity contribution in [1.82, 2.24) is 10.2 Å². The van der Waals surface area contributed by atoms with E-state index in [9.17, 15) is 0 Å². The van der Waals surface area contributed by atoms with Crippen molar-refractivity contribution in [1.29, 1.82) is 0 Å². The molecule has 1 aliphatic rings. The number of hydrogen-bond acceptors (Lipinski definition) is 2. The minimum absolute atomic E-state index is 0. The lowest BCUT2D eigenvalue weighted by Gasteiger charge is -2.21. The quantitative estimate of drug-likeness (QED) is 0.301. The average Bonchev–Trinajstić information content (AvgIpc) is 3.17. The number of guanidine groups is 1. The van der Waals surface area contributed by atoms with Gasteiger partial charge in [-0.2, -0.15) is 0 Å². The highest BCUT2D eigenvalue weighted by Crippen LogP contribution is 2.20. The van der Waals surface area contributed by atoms with Gasteiger partial charge in [0.2, 0.25) is 0 Å². The lowest BCUT2D eigenvalue weighted by Crippen LogP contribution is -2.40. The van der Waals surface area contributed by atoms with Crippen molar-refractivity contribution in [3.05, 3.63) is 34.0 Å². The Balaban J connectivity index is 0.00000242. The van der Waals surface area contributed by atoms with Crippen LogP contribution < -0.4 is 5.32 Å². The van der Waals surface area contributed by atoms with Crippen LogP contribution in [0.5, 0.6) is 0 Å². The summed E-state index contributed by atoms with van der Waals surface area (Å²) in [6.07, 6.45) is 8.47. The zero-order valence-electron chi connectivity index (χ0n) is 13.7. The zero-order valence-corrected chi connectivity index (χ0v) is 16.8. The van der Waals surface area contributed by atoms with Crippen LogP contribution in [0.2, 0.25) is 0 Å². The predicted molar refractivity (Wildman–Crippen MR) is 109 cm³/mol. The van der Waals surface area contributed by atoms with Crippen molar-refractivity contribution in [3.8, 4) is 0 Å². The second kappa shape index (κ2) is 11.0. The van der Waals surface area contributed by atoms with Crippen LogP contribution in [0, 0.1) is 0 Å². The van der Waals surface area contributed by atoms with Gasteiger partial charge < -0.3 is 10.2 Å². The normalized spacial score (nSPS) is 14.5. The monoisotopic (exact) mass is 433 g/mol. The molecular formula is C17H28IN3S. The van der Waals surface area contributed by atoms with Crippen molar-refractivity contribution >= 4 is 41.3 Å². The molecule has 0 aliphatic heterocycles. The summed E-state index contributed by atoms with van der Waals surface area (Å²) in [5.74, 6) is 1.03. The summed E-state index contributed by atoms with van der Waals surface area (Å²) < 4.78 is 0. The van der Waals surface area contributed by atoms with Gasteiger partial charge in [0.05, 0.1) is 0 Å². The van der Waals surface area contributed by atoms with Crippen LogP contribution in [0.25, 0.3) is 0 Å². The van der Waals surface area contributed by atoms with E-state index in [1.807, 2.05) is 11.3 Å². The van der Waals surface area contributed by atoms with Crippen molar-refractivity contribution in [3.63, 3.8) is 0 Å². The zero-order chi connectivity index (χ0) is 14.9. The summed E-state index contributed by atoms with van der Waals surface area (Å²) in [4.78, 5) is 8.45. The smallest absolute Gasteiger partial charge is 0.193 e. The minimum Gasteiger partial charge on any atom is -0.357 e. The van der Waals surface area contributed by atoms with E-state index >= 15 is 0 Å². The van der Waals surface area contributed by atoms with Crippen molar-refractivity contribution in [2.45, 2.75) is 39.0 Å². The highest BCUT2D eigenvalue weighted by Gasteiger charge is 2.07. The molecule has 0 radical (unpaired) electrons. The highest BCUT2D eigenvalue weighted by molar-refractivity contribution is 14.0. The molecule has 1 aromatic heterocycles. The van der Waals surface area contributed by atoms with E-state index in [2.05, 4.69) is 47.8 Å². The summed E-state index contributed by atoms with van der Waals surface area (Å²) in [6, 6.07) is 4.32. The number of halogens is 1. The van der Waals surface area contributed by atoms with Gasteiger partial charge in [0.15, 0.2) is 5.96 Å². The van der Waals surface area contributed by atoms with Crippen LogP contribution in [-0.4, -0.2) is 37.5 Å². The van der Waals surface area contributed by atoms with Gasteiger partial charge in [-0.3, -0.25) is 4.99 Å². The minimum atomic E-state index is 0. The Kier molecular flexibility index (Phi) is 9.79. The third-order valence-corrected chi connectivity index (χ3v) is 4.74. The van der Waals surface area contributed by atoms with Gasteiger partial charge in [-0.15, -0.1) is 35.3 Å². The Morgan fingerprint density at radius 3 is 2.91 bits per heavy atom. The van der Waals surface area contributed by atoms with E-state index in [0.717, 1.165) is 38.4 Å². The second-order valence-corrected chi connectivity index (χ2v) is 6.52. The standard InChI is InChI=1S/C17H27N3S.HI/c1-3-18-17(19-12-10-15-7-4-5-8-15)20(2)13-11-16-9-6-14-21-16;/h6-7,9,14H,3-5,8,10-13H2,1-2H3,(H,18,19);1H. The number of nitrogens with zero attached hydrogens (tertiary/aromatic N) is 2. The van der Waals surface area contributed by atoms with Crippen LogP contribution in [0.1, 0.15) is 37.5 Å². The summed E-state index contributed by atoms with van der Waals surface area (Å²) in [6.45, 7) is 4.96. The summed E-state index contributed by atoms with van der Waals surface area (Å²) >= 11 is 1.83. The van der Waals surface area contributed by atoms with Gasteiger partial charge in [-0.1, -0.05) is 17.7 Å². The molecule has 2 rings (SSSR count). The third-order valence-electron chi connectivity index (χ3n) is 3.80. The molecule has 0 saturated carbocycles. The largest absolute Gasteiger partial charge is 0.357 e. The van der Waals surface area contributed by atoms with E-state index < -0.39 is 0 Å². The maximum absolute atomic E-state index is 4.77. The Hall–Kier alpha value is -0.560. The van der Waals surface area contributed by atoms with Gasteiger partial charge in [0, 0.05) is 31.6 Å². The maximum atomic E-state index is 4.77. The molecule has 0 fully saturated rings. The predicted octanol–water partition coefficient (Wildman–Crippen LogP) is 4.31. The molecule has 1 heterocycles. The van der Waals surface area contributed by atoms with Crippen LogP contribution in [-0.2, 0) is 6.42 Å². The van der Waals surface area contributed by atoms with Crippen LogP contribution in [0.3, 0.4) is 0 Å². The number of likely N-dealkylation sites (N-methyl/N-ethyl adjacent to an activating group) is 1. The maximum Gasteiger partial charge on any atom is 0.193 e. The first-order chi connectivity index (χ1) is 10.3. The topological polar surface area (TPSA) is 27.6 Å². The summed E-state index contributed by atoms with van der Waals surface area (Å²) in [7, 11) is 2.13. The number of thiophene rings is 1. The lowest BCUT2D eigenvalue weighted by molar-refractivity contribution is 0.487. The Morgan fingerprint density at radius 1 is 1.41 bits per heavy atom. The number of nitrogens with one attached hydrogen (secondary N) is 1. The van der Waals surface area contributed by atoms with Gasteiger partial charge in [0.1, 0.15) is 0 Å². The Labute approximate surface area is 155 Å². The van der Waals surface area contributed by atoms with Crippen molar-refractivity contribution < 1.29 is 0 Å². The fourth-order valence-corrected chi connectivity index (χ4v) is 3.28. The van der Waals surface area contributed by atoms with Gasteiger partial charge >= 0.3 is 0 Å². The molecule has 124 valence electrons. The second-order valence-electron chi connectivity index (χ2n) is 5.49. The van der Waals surface area contributed by atoms with E-state index in [4.69, 9.17) is 4.99 Å². The molecule has 0 amide bonds. The van der Waals surface area contributed by atoms with E-state index in [0.29, 0.717) is 0 Å². The molecule has 1 aliphatic carbocycles. The third kappa shape index (κ3) is 6.69. The van der Waals surface area contributed by atoms with E-state index in [-0.39, 0.29) is 24.0 Å². The molecule has 0 atom stereocenters. The number of hydrogen-bond donors (Lipinski definition) is 1. The van der Waals surface area contributed by atoms with E-state index in [1.165, 1.54) is 24.1 Å².